The summed E-state index contributed by atoms with van der Waals surface area (Å²) in [5, 5.41) is 3.51. The Labute approximate surface area is 69.5 Å². The molecule has 0 radical (unpaired) electrons. The van der Waals surface area contributed by atoms with Gasteiger partial charge in [-0.1, -0.05) is 20.3 Å². The van der Waals surface area contributed by atoms with Gasteiger partial charge in [0.15, 0.2) is 0 Å². The summed E-state index contributed by atoms with van der Waals surface area (Å²) >= 11 is 0. The summed E-state index contributed by atoms with van der Waals surface area (Å²) in [5.41, 5.74) is 5.90. The molecule has 1 saturated carbocycles. The average Bonchev–Trinajstić information content (AvgIpc) is 2.31. The van der Waals surface area contributed by atoms with Crippen molar-refractivity contribution >= 4 is 0 Å². The minimum Gasteiger partial charge on any atom is -0.326 e. The maximum absolute atomic E-state index is 5.90. The van der Waals surface area contributed by atoms with E-state index in [9.17, 15) is 0 Å². The van der Waals surface area contributed by atoms with E-state index in [0.717, 1.165) is 12.5 Å². The van der Waals surface area contributed by atoms with Crippen molar-refractivity contribution in [3.05, 3.63) is 0 Å². The van der Waals surface area contributed by atoms with Crippen molar-refractivity contribution in [2.45, 2.75) is 45.2 Å². The molecule has 2 nitrogen and oxygen atoms in total. The van der Waals surface area contributed by atoms with E-state index < -0.39 is 0 Å². The second kappa shape index (κ2) is 4.07. The Morgan fingerprint density at radius 1 is 1.45 bits per heavy atom. The first kappa shape index (κ1) is 9.01. The average molecular weight is 156 g/mol. The van der Waals surface area contributed by atoms with E-state index in [1.807, 2.05) is 0 Å². The Balaban J connectivity index is 2.15. The van der Waals surface area contributed by atoms with Crippen molar-refractivity contribution in [2.75, 3.05) is 6.54 Å². The van der Waals surface area contributed by atoms with Gasteiger partial charge >= 0.3 is 0 Å². The van der Waals surface area contributed by atoms with Gasteiger partial charge in [-0.15, -0.1) is 0 Å². The lowest BCUT2D eigenvalue weighted by atomic mass is 10.1. The second-order valence-corrected chi connectivity index (χ2v) is 4.00. The van der Waals surface area contributed by atoms with Gasteiger partial charge in [0.05, 0.1) is 0 Å². The number of rotatable bonds is 3. The quantitative estimate of drug-likeness (QED) is 0.642. The first-order valence-electron chi connectivity index (χ1n) is 4.69. The normalized spacial score (nSPS) is 31.6. The SMILES string of the molecule is CC(C)CNC1CCCC1N. The highest BCUT2D eigenvalue weighted by Crippen LogP contribution is 2.16. The monoisotopic (exact) mass is 156 g/mol. The maximum Gasteiger partial charge on any atom is 0.0219 e. The molecule has 1 rings (SSSR count). The van der Waals surface area contributed by atoms with Crippen LogP contribution >= 0.6 is 0 Å². The molecule has 11 heavy (non-hydrogen) atoms. The number of nitrogens with one attached hydrogen (secondary N) is 1. The summed E-state index contributed by atoms with van der Waals surface area (Å²) in [6.45, 7) is 5.57. The molecule has 0 spiro atoms. The molecule has 0 bridgehead atoms. The zero-order valence-electron chi connectivity index (χ0n) is 7.64. The molecule has 0 saturated heterocycles. The van der Waals surface area contributed by atoms with E-state index >= 15 is 0 Å². The van der Waals surface area contributed by atoms with E-state index in [0.29, 0.717) is 12.1 Å². The zero-order chi connectivity index (χ0) is 8.27. The molecule has 1 aliphatic rings. The molecule has 0 aliphatic heterocycles. The lowest BCUT2D eigenvalue weighted by Crippen LogP contribution is -2.42. The predicted molar refractivity (Wildman–Crippen MR) is 48.5 cm³/mol. The van der Waals surface area contributed by atoms with Crippen molar-refractivity contribution in [2.24, 2.45) is 11.7 Å². The summed E-state index contributed by atoms with van der Waals surface area (Å²) in [5.74, 6) is 0.739. The van der Waals surface area contributed by atoms with Crippen LogP contribution in [0.1, 0.15) is 33.1 Å². The molecule has 2 unspecified atom stereocenters. The van der Waals surface area contributed by atoms with Crippen molar-refractivity contribution in [1.82, 2.24) is 5.32 Å². The third kappa shape index (κ3) is 2.80. The van der Waals surface area contributed by atoms with Crippen molar-refractivity contribution in [3.63, 3.8) is 0 Å². The number of hydrogen-bond donors (Lipinski definition) is 2. The zero-order valence-corrected chi connectivity index (χ0v) is 7.64. The van der Waals surface area contributed by atoms with Crippen molar-refractivity contribution in [3.8, 4) is 0 Å². The van der Waals surface area contributed by atoms with Crippen molar-refractivity contribution in [1.29, 1.82) is 0 Å². The molecule has 2 atom stereocenters. The highest BCUT2D eigenvalue weighted by Gasteiger charge is 2.22. The van der Waals surface area contributed by atoms with Crippen LogP contribution in [0, 0.1) is 5.92 Å². The fourth-order valence-electron chi connectivity index (χ4n) is 1.63. The van der Waals surface area contributed by atoms with Crippen LogP contribution in [0.25, 0.3) is 0 Å². The van der Waals surface area contributed by atoms with Crippen LogP contribution in [-0.2, 0) is 0 Å². The Morgan fingerprint density at radius 3 is 2.64 bits per heavy atom. The molecular formula is C9H20N2. The van der Waals surface area contributed by atoms with Gasteiger partial charge in [-0.2, -0.15) is 0 Å². The molecular weight excluding hydrogens is 136 g/mol. The highest BCUT2D eigenvalue weighted by molar-refractivity contribution is 4.85. The van der Waals surface area contributed by atoms with Crippen LogP contribution in [-0.4, -0.2) is 18.6 Å². The first-order valence-corrected chi connectivity index (χ1v) is 4.69. The van der Waals surface area contributed by atoms with Gasteiger partial charge in [0.25, 0.3) is 0 Å². The van der Waals surface area contributed by atoms with Gasteiger partial charge in [-0.3, -0.25) is 0 Å². The molecule has 2 heteroatoms. The van der Waals surface area contributed by atoms with Gasteiger partial charge in [-0.05, 0) is 25.3 Å². The summed E-state index contributed by atoms with van der Waals surface area (Å²) < 4.78 is 0. The van der Waals surface area contributed by atoms with Crippen LogP contribution in [0.15, 0.2) is 0 Å². The van der Waals surface area contributed by atoms with Gasteiger partial charge in [0, 0.05) is 12.1 Å². The molecule has 1 aliphatic carbocycles. The molecule has 0 aromatic heterocycles. The van der Waals surface area contributed by atoms with Crippen LogP contribution in [0.2, 0.25) is 0 Å². The third-order valence-electron chi connectivity index (χ3n) is 2.36. The summed E-state index contributed by atoms with van der Waals surface area (Å²) in [4.78, 5) is 0. The summed E-state index contributed by atoms with van der Waals surface area (Å²) in [6.07, 6.45) is 3.78. The van der Waals surface area contributed by atoms with Crippen LogP contribution < -0.4 is 11.1 Å². The van der Waals surface area contributed by atoms with Gasteiger partial charge in [0.1, 0.15) is 0 Å². The fraction of sp³-hybridized carbons (Fsp3) is 1.00. The minimum absolute atomic E-state index is 0.411. The standard InChI is InChI=1S/C9H20N2/c1-7(2)6-11-9-5-3-4-8(9)10/h7-9,11H,3-6,10H2,1-2H3. The van der Waals surface area contributed by atoms with E-state index in [1.54, 1.807) is 0 Å². The topological polar surface area (TPSA) is 38.0 Å². The minimum atomic E-state index is 0.411. The Morgan fingerprint density at radius 2 is 2.18 bits per heavy atom. The Bertz CT molecular complexity index is 112. The maximum atomic E-state index is 5.90. The van der Waals surface area contributed by atoms with E-state index in [1.165, 1.54) is 19.3 Å². The molecule has 0 aromatic carbocycles. The Hall–Kier alpha value is -0.0800. The van der Waals surface area contributed by atoms with E-state index in [2.05, 4.69) is 19.2 Å². The lowest BCUT2D eigenvalue weighted by molar-refractivity contribution is 0.438. The van der Waals surface area contributed by atoms with Gasteiger partial charge in [-0.25, -0.2) is 0 Å². The second-order valence-electron chi connectivity index (χ2n) is 4.00. The fourth-order valence-corrected chi connectivity index (χ4v) is 1.63. The molecule has 0 heterocycles. The van der Waals surface area contributed by atoms with Crippen LogP contribution in [0.3, 0.4) is 0 Å². The van der Waals surface area contributed by atoms with Crippen molar-refractivity contribution < 1.29 is 0 Å². The van der Waals surface area contributed by atoms with Gasteiger partial charge < -0.3 is 11.1 Å². The first-order chi connectivity index (χ1) is 5.20. The largest absolute Gasteiger partial charge is 0.326 e. The predicted octanol–water partition coefficient (Wildman–Crippen LogP) is 1.11. The number of hydrogen-bond acceptors (Lipinski definition) is 2. The molecule has 1 fully saturated rings. The molecule has 66 valence electrons. The molecule has 0 amide bonds. The molecule has 3 N–H and O–H groups in total. The van der Waals surface area contributed by atoms with Crippen LogP contribution in [0.5, 0.6) is 0 Å². The third-order valence-corrected chi connectivity index (χ3v) is 2.36. The lowest BCUT2D eigenvalue weighted by Gasteiger charge is -2.18. The summed E-state index contributed by atoms with van der Waals surface area (Å²) in [7, 11) is 0. The van der Waals surface area contributed by atoms with Gasteiger partial charge in [0.2, 0.25) is 0 Å². The number of nitrogens with two attached hydrogens (primary N) is 1. The van der Waals surface area contributed by atoms with Crippen LogP contribution in [0.4, 0.5) is 0 Å². The highest BCUT2D eigenvalue weighted by atomic mass is 15.0. The van der Waals surface area contributed by atoms with E-state index in [4.69, 9.17) is 5.73 Å². The van der Waals surface area contributed by atoms with E-state index in [-0.39, 0.29) is 0 Å². The summed E-state index contributed by atoms with van der Waals surface area (Å²) in [6, 6.07) is 1.01. The molecule has 0 aromatic rings. The Kier molecular flexibility index (Phi) is 3.34. The smallest absolute Gasteiger partial charge is 0.0219 e.